The minimum Gasteiger partial charge on any atom is -0.372 e. The summed E-state index contributed by atoms with van der Waals surface area (Å²) in [5.41, 5.74) is 9.48. The molecule has 0 radical (unpaired) electrons. The molecule has 2 aromatic rings. The van der Waals surface area contributed by atoms with E-state index in [1.54, 1.807) is 0 Å². The van der Waals surface area contributed by atoms with Gasteiger partial charge in [0.05, 0.1) is 0 Å². The first-order valence-corrected chi connectivity index (χ1v) is 10.1. The normalized spacial score (nSPS) is 20.3. The third-order valence-corrected chi connectivity index (χ3v) is 5.58. The minimum absolute atomic E-state index is 0.360. The van der Waals surface area contributed by atoms with Crippen LogP contribution in [0.4, 0.5) is 17.5 Å². The average molecular weight is 367 g/mol. The number of aryl methyl sites for hydroxylation is 1. The zero-order valence-corrected chi connectivity index (χ0v) is 16.2. The van der Waals surface area contributed by atoms with Gasteiger partial charge in [0, 0.05) is 56.2 Å². The fourth-order valence-electron chi connectivity index (χ4n) is 4.19. The largest absolute Gasteiger partial charge is 0.372 e. The third-order valence-electron chi connectivity index (χ3n) is 5.58. The van der Waals surface area contributed by atoms with Gasteiger partial charge in [0.2, 0.25) is 5.95 Å². The van der Waals surface area contributed by atoms with Crippen molar-refractivity contribution in [2.45, 2.75) is 45.2 Å². The molecule has 0 saturated carbocycles. The summed E-state index contributed by atoms with van der Waals surface area (Å²) in [4.78, 5) is 13.4. The number of hydrogen-bond donors (Lipinski definition) is 2. The predicted molar refractivity (Wildman–Crippen MR) is 111 cm³/mol. The lowest BCUT2D eigenvalue weighted by molar-refractivity contribution is 0.420. The van der Waals surface area contributed by atoms with Gasteiger partial charge in [-0.3, -0.25) is 0 Å². The van der Waals surface area contributed by atoms with E-state index >= 15 is 0 Å². The van der Waals surface area contributed by atoms with Crippen molar-refractivity contribution in [3.05, 3.63) is 41.6 Å². The van der Waals surface area contributed by atoms with Gasteiger partial charge in [0.15, 0.2) is 0 Å². The molecule has 27 heavy (non-hydrogen) atoms. The molecule has 1 aromatic heterocycles. The van der Waals surface area contributed by atoms with Gasteiger partial charge in [0.1, 0.15) is 5.82 Å². The van der Waals surface area contributed by atoms with Gasteiger partial charge in [0.25, 0.3) is 0 Å². The lowest BCUT2D eigenvalue weighted by Gasteiger charge is -2.34. The Hall–Kier alpha value is -2.34. The first-order valence-electron chi connectivity index (χ1n) is 10.1. The van der Waals surface area contributed by atoms with E-state index in [4.69, 9.17) is 5.73 Å². The van der Waals surface area contributed by atoms with Crippen LogP contribution in [0.1, 0.15) is 36.9 Å². The Morgan fingerprint density at radius 2 is 1.89 bits per heavy atom. The van der Waals surface area contributed by atoms with Crippen molar-refractivity contribution < 1.29 is 0 Å². The van der Waals surface area contributed by atoms with E-state index in [0.717, 1.165) is 37.6 Å². The molecule has 6 heteroatoms. The Bertz CT molecular complexity index is 751. The van der Waals surface area contributed by atoms with Crippen LogP contribution in [0.2, 0.25) is 0 Å². The molecule has 3 heterocycles. The number of benzene rings is 1. The Morgan fingerprint density at radius 1 is 1.07 bits per heavy atom. The number of piperidine rings is 1. The zero-order chi connectivity index (χ0) is 18.6. The van der Waals surface area contributed by atoms with Crippen molar-refractivity contribution in [2.24, 2.45) is 0 Å². The summed E-state index contributed by atoms with van der Waals surface area (Å²) in [6.45, 7) is 7.24. The van der Waals surface area contributed by atoms with Gasteiger partial charge in [-0.15, -0.1) is 0 Å². The predicted octanol–water partition coefficient (Wildman–Crippen LogP) is 2.73. The summed E-state index contributed by atoms with van der Waals surface area (Å²) in [6.07, 6.45) is 4.98. The Labute approximate surface area is 161 Å². The standard InChI is InChI=1S/C21H30N6/c1-16-12-20(25-21(22)24-16)27-11-5-7-18(15-27)23-14-17-6-4-8-19(13-17)26-9-2-3-10-26/h4,6,8,12-13,18,23H,2-3,5,7,9-11,14-15H2,1H3,(H2,22,24,25)/t18-/m1/s1. The highest BCUT2D eigenvalue weighted by atomic mass is 15.2. The number of nitrogens with two attached hydrogens (primary N) is 1. The number of anilines is 3. The number of rotatable bonds is 5. The van der Waals surface area contributed by atoms with Crippen molar-refractivity contribution >= 4 is 17.5 Å². The summed E-state index contributed by atoms with van der Waals surface area (Å²) in [5, 5.41) is 3.75. The summed E-state index contributed by atoms with van der Waals surface area (Å²) in [6, 6.07) is 11.5. The summed E-state index contributed by atoms with van der Waals surface area (Å²) >= 11 is 0. The van der Waals surface area contributed by atoms with Crippen LogP contribution in [-0.4, -0.2) is 42.2 Å². The minimum atomic E-state index is 0.360. The molecule has 0 bridgehead atoms. The molecule has 1 atom stereocenters. The third kappa shape index (κ3) is 4.50. The van der Waals surface area contributed by atoms with Crippen LogP contribution < -0.4 is 20.9 Å². The fraction of sp³-hybridized carbons (Fsp3) is 0.524. The molecule has 0 unspecified atom stereocenters. The Balaban J connectivity index is 1.36. The maximum Gasteiger partial charge on any atom is 0.222 e. The molecule has 1 aromatic carbocycles. The van der Waals surface area contributed by atoms with Gasteiger partial charge >= 0.3 is 0 Å². The molecule has 2 aliphatic rings. The van der Waals surface area contributed by atoms with E-state index in [1.165, 1.54) is 43.6 Å². The van der Waals surface area contributed by atoms with Crippen LogP contribution in [0.15, 0.2) is 30.3 Å². The Morgan fingerprint density at radius 3 is 2.70 bits per heavy atom. The molecule has 0 spiro atoms. The highest BCUT2D eigenvalue weighted by Crippen LogP contribution is 2.22. The lowest BCUT2D eigenvalue weighted by atomic mass is 10.0. The van der Waals surface area contributed by atoms with Gasteiger partial charge in [-0.05, 0) is 50.3 Å². The number of hydrogen-bond acceptors (Lipinski definition) is 6. The molecule has 0 amide bonds. The van der Waals surface area contributed by atoms with Gasteiger partial charge in [-0.25, -0.2) is 4.98 Å². The second-order valence-corrected chi connectivity index (χ2v) is 7.76. The number of aromatic nitrogens is 2. The molecule has 2 saturated heterocycles. The van der Waals surface area contributed by atoms with E-state index in [-0.39, 0.29) is 0 Å². The van der Waals surface area contributed by atoms with E-state index < -0.39 is 0 Å². The SMILES string of the molecule is Cc1cc(N2CCC[C@@H](NCc3cccc(N4CCCC4)c3)C2)nc(N)n1. The molecule has 0 aliphatic carbocycles. The second kappa shape index (κ2) is 8.13. The van der Waals surface area contributed by atoms with Crippen molar-refractivity contribution in [3.8, 4) is 0 Å². The molecule has 2 fully saturated rings. The van der Waals surface area contributed by atoms with Crippen molar-refractivity contribution in [3.63, 3.8) is 0 Å². The maximum atomic E-state index is 5.83. The van der Waals surface area contributed by atoms with Crippen molar-refractivity contribution in [2.75, 3.05) is 41.7 Å². The molecule has 6 nitrogen and oxygen atoms in total. The lowest BCUT2D eigenvalue weighted by Crippen LogP contribution is -2.45. The molecular formula is C21H30N6. The highest BCUT2D eigenvalue weighted by Gasteiger charge is 2.21. The fourth-order valence-corrected chi connectivity index (χ4v) is 4.19. The number of nitrogen functional groups attached to an aromatic ring is 1. The zero-order valence-electron chi connectivity index (χ0n) is 16.2. The Kier molecular flexibility index (Phi) is 5.43. The number of nitrogens with one attached hydrogen (secondary N) is 1. The molecular weight excluding hydrogens is 336 g/mol. The van der Waals surface area contributed by atoms with E-state index in [1.807, 2.05) is 13.0 Å². The molecule has 144 valence electrons. The topological polar surface area (TPSA) is 70.3 Å². The maximum absolute atomic E-state index is 5.83. The van der Waals surface area contributed by atoms with Gasteiger partial charge in [-0.1, -0.05) is 12.1 Å². The van der Waals surface area contributed by atoms with E-state index in [2.05, 4.69) is 49.4 Å². The summed E-state index contributed by atoms with van der Waals surface area (Å²) in [5.74, 6) is 1.31. The van der Waals surface area contributed by atoms with Crippen LogP contribution in [0.3, 0.4) is 0 Å². The van der Waals surface area contributed by atoms with Crippen LogP contribution in [0.25, 0.3) is 0 Å². The van der Waals surface area contributed by atoms with E-state index in [9.17, 15) is 0 Å². The molecule has 4 rings (SSSR count). The first-order chi connectivity index (χ1) is 13.2. The van der Waals surface area contributed by atoms with Crippen LogP contribution in [-0.2, 0) is 6.54 Å². The van der Waals surface area contributed by atoms with Gasteiger partial charge in [-0.2, -0.15) is 4.98 Å². The highest BCUT2D eigenvalue weighted by molar-refractivity contribution is 5.49. The summed E-state index contributed by atoms with van der Waals surface area (Å²) in [7, 11) is 0. The summed E-state index contributed by atoms with van der Waals surface area (Å²) < 4.78 is 0. The smallest absolute Gasteiger partial charge is 0.222 e. The number of nitrogens with zero attached hydrogens (tertiary/aromatic N) is 4. The molecule has 3 N–H and O–H groups in total. The van der Waals surface area contributed by atoms with E-state index in [0.29, 0.717) is 12.0 Å². The van der Waals surface area contributed by atoms with Crippen LogP contribution in [0, 0.1) is 6.92 Å². The first kappa shape index (κ1) is 18.0. The monoisotopic (exact) mass is 366 g/mol. The average Bonchev–Trinajstić information content (AvgIpc) is 3.21. The quantitative estimate of drug-likeness (QED) is 0.848. The molecule has 2 aliphatic heterocycles. The van der Waals surface area contributed by atoms with Crippen LogP contribution >= 0.6 is 0 Å². The van der Waals surface area contributed by atoms with Gasteiger partial charge < -0.3 is 20.9 Å². The van der Waals surface area contributed by atoms with Crippen LogP contribution in [0.5, 0.6) is 0 Å². The van der Waals surface area contributed by atoms with Crippen molar-refractivity contribution in [1.82, 2.24) is 15.3 Å². The second-order valence-electron chi connectivity index (χ2n) is 7.76. The van der Waals surface area contributed by atoms with Crippen molar-refractivity contribution in [1.29, 1.82) is 0 Å².